The lowest BCUT2D eigenvalue weighted by Gasteiger charge is -2.32. The molecule has 3 aromatic heterocycles. The molecule has 3 aromatic rings. The number of nitrogens with zero attached hydrogens (tertiary/aromatic N) is 6. The number of hydrogen-bond donors (Lipinski definition) is 1. The van der Waals surface area contributed by atoms with Gasteiger partial charge in [-0.1, -0.05) is 0 Å². The Labute approximate surface area is 149 Å². The number of amides is 1. The van der Waals surface area contributed by atoms with Gasteiger partial charge in [0.05, 0.1) is 18.7 Å². The van der Waals surface area contributed by atoms with E-state index in [0.717, 1.165) is 0 Å². The zero-order chi connectivity index (χ0) is 17.9. The van der Waals surface area contributed by atoms with Gasteiger partial charge < -0.3 is 15.4 Å². The van der Waals surface area contributed by atoms with Crippen molar-refractivity contribution in [2.24, 2.45) is 0 Å². The van der Waals surface area contributed by atoms with E-state index in [1.807, 2.05) is 6.07 Å². The van der Waals surface area contributed by atoms with Crippen LogP contribution < -0.4 is 5.73 Å². The number of aromatic nitrogens is 5. The van der Waals surface area contributed by atoms with E-state index in [1.165, 1.54) is 6.20 Å². The van der Waals surface area contributed by atoms with E-state index in [1.54, 1.807) is 46.5 Å². The maximum absolute atomic E-state index is 12.8. The first-order chi connectivity index (χ1) is 12.7. The fourth-order valence-electron chi connectivity index (χ4n) is 2.84. The largest absolute Gasteiger partial charge is 0.382 e. The number of hydrogen-bond acceptors (Lipinski definition) is 7. The maximum Gasteiger partial charge on any atom is 0.255 e. The molecule has 1 fully saturated rings. The fourth-order valence-corrected chi connectivity index (χ4v) is 2.84. The van der Waals surface area contributed by atoms with Crippen molar-refractivity contribution in [3.8, 4) is 5.82 Å². The average Bonchev–Trinajstić information content (AvgIpc) is 3.23. The van der Waals surface area contributed by atoms with Gasteiger partial charge in [0.2, 0.25) is 0 Å². The normalized spacial score (nSPS) is 17.2. The van der Waals surface area contributed by atoms with Crippen molar-refractivity contribution in [2.45, 2.75) is 6.10 Å². The lowest BCUT2D eigenvalue weighted by atomic mass is 10.1. The summed E-state index contributed by atoms with van der Waals surface area (Å²) in [5.41, 5.74) is 6.93. The van der Waals surface area contributed by atoms with Crippen LogP contribution in [0.15, 0.2) is 49.2 Å². The highest BCUT2D eigenvalue weighted by Crippen LogP contribution is 2.24. The summed E-state index contributed by atoms with van der Waals surface area (Å²) in [5, 5.41) is 4.12. The smallest absolute Gasteiger partial charge is 0.255 e. The molecule has 9 nitrogen and oxygen atoms in total. The first-order valence-corrected chi connectivity index (χ1v) is 8.15. The van der Waals surface area contributed by atoms with Crippen LogP contribution in [0.25, 0.3) is 5.82 Å². The molecule has 1 amide bonds. The van der Waals surface area contributed by atoms with Gasteiger partial charge in [0.15, 0.2) is 5.82 Å². The highest BCUT2D eigenvalue weighted by atomic mass is 16.5. The molecule has 4 heterocycles. The molecule has 2 N–H and O–H groups in total. The third-order valence-electron chi connectivity index (χ3n) is 4.15. The van der Waals surface area contributed by atoms with Crippen LogP contribution in [0.2, 0.25) is 0 Å². The molecule has 0 radical (unpaired) electrons. The minimum absolute atomic E-state index is 0.111. The van der Waals surface area contributed by atoms with E-state index in [2.05, 4.69) is 20.1 Å². The molecule has 132 valence electrons. The summed E-state index contributed by atoms with van der Waals surface area (Å²) in [6, 6.07) is 5.32. The van der Waals surface area contributed by atoms with E-state index in [0.29, 0.717) is 42.6 Å². The SMILES string of the molecule is Nc1nccnc1[C@H]1CN(C(=O)c2ccc(-n3cccn3)nc2)CCO1. The van der Waals surface area contributed by atoms with Crippen LogP contribution in [-0.2, 0) is 4.74 Å². The van der Waals surface area contributed by atoms with Crippen molar-refractivity contribution < 1.29 is 9.53 Å². The summed E-state index contributed by atoms with van der Waals surface area (Å²) in [5.74, 6) is 0.857. The predicted octanol–water partition coefficient (Wildman–Crippen LogP) is 0.853. The van der Waals surface area contributed by atoms with Gasteiger partial charge >= 0.3 is 0 Å². The molecule has 0 unspecified atom stereocenters. The molecule has 0 aromatic carbocycles. The monoisotopic (exact) mass is 351 g/mol. The van der Waals surface area contributed by atoms with Gasteiger partial charge in [-0.2, -0.15) is 5.10 Å². The highest BCUT2D eigenvalue weighted by molar-refractivity contribution is 5.94. The van der Waals surface area contributed by atoms with Crippen molar-refractivity contribution in [3.63, 3.8) is 0 Å². The van der Waals surface area contributed by atoms with E-state index < -0.39 is 6.10 Å². The van der Waals surface area contributed by atoms with Gasteiger partial charge in [-0.25, -0.2) is 14.6 Å². The molecule has 1 saturated heterocycles. The van der Waals surface area contributed by atoms with E-state index in [4.69, 9.17) is 10.5 Å². The molecule has 1 atom stereocenters. The van der Waals surface area contributed by atoms with Gasteiger partial charge in [0.25, 0.3) is 5.91 Å². The van der Waals surface area contributed by atoms with Crippen molar-refractivity contribution in [3.05, 3.63) is 60.4 Å². The molecule has 4 rings (SSSR count). The Morgan fingerprint density at radius 3 is 2.81 bits per heavy atom. The zero-order valence-corrected chi connectivity index (χ0v) is 13.9. The summed E-state index contributed by atoms with van der Waals surface area (Å²) in [4.78, 5) is 27.1. The van der Waals surface area contributed by atoms with Crippen LogP contribution in [0.3, 0.4) is 0 Å². The standard InChI is InChI=1S/C17H17N7O2/c18-16-15(19-5-6-20-16)13-11-23(8-9-26-13)17(25)12-2-3-14(21-10-12)24-7-1-4-22-24/h1-7,10,13H,8-9,11H2,(H2,18,20)/t13-/m1/s1. The molecule has 26 heavy (non-hydrogen) atoms. The Morgan fingerprint density at radius 1 is 1.19 bits per heavy atom. The van der Waals surface area contributed by atoms with E-state index in [-0.39, 0.29) is 5.91 Å². The predicted molar refractivity (Wildman–Crippen MR) is 92.4 cm³/mol. The van der Waals surface area contributed by atoms with Crippen molar-refractivity contribution in [2.75, 3.05) is 25.4 Å². The Morgan fingerprint density at radius 2 is 2.08 bits per heavy atom. The molecular formula is C17H17N7O2. The van der Waals surface area contributed by atoms with E-state index in [9.17, 15) is 4.79 Å². The second kappa shape index (κ2) is 6.89. The van der Waals surface area contributed by atoms with Crippen molar-refractivity contribution in [1.29, 1.82) is 0 Å². The minimum atomic E-state index is -0.391. The fraction of sp³-hybridized carbons (Fsp3) is 0.235. The summed E-state index contributed by atoms with van der Waals surface area (Å²) in [6.45, 7) is 1.27. The number of carbonyl (C=O) groups excluding carboxylic acids is 1. The molecule has 0 aliphatic carbocycles. The number of pyridine rings is 1. The Hall–Kier alpha value is -3.33. The second-order valence-electron chi connectivity index (χ2n) is 5.79. The Kier molecular flexibility index (Phi) is 4.28. The molecule has 0 bridgehead atoms. The number of nitrogen functional groups attached to an aromatic ring is 1. The summed E-state index contributed by atoms with van der Waals surface area (Å²) >= 11 is 0. The second-order valence-corrected chi connectivity index (χ2v) is 5.79. The van der Waals surface area contributed by atoms with Crippen LogP contribution in [0.4, 0.5) is 5.82 Å². The number of carbonyl (C=O) groups is 1. The lowest BCUT2D eigenvalue weighted by molar-refractivity contribution is -0.0245. The molecule has 1 aliphatic rings. The quantitative estimate of drug-likeness (QED) is 0.744. The Balaban J connectivity index is 1.50. The van der Waals surface area contributed by atoms with Gasteiger partial charge in [0, 0.05) is 37.5 Å². The van der Waals surface area contributed by atoms with E-state index >= 15 is 0 Å². The van der Waals surface area contributed by atoms with Crippen LogP contribution >= 0.6 is 0 Å². The number of nitrogens with two attached hydrogens (primary N) is 1. The third-order valence-corrected chi connectivity index (χ3v) is 4.15. The molecule has 1 aliphatic heterocycles. The average molecular weight is 351 g/mol. The molecule has 0 saturated carbocycles. The Bertz CT molecular complexity index is 896. The first-order valence-electron chi connectivity index (χ1n) is 8.15. The number of rotatable bonds is 3. The number of ether oxygens (including phenoxy) is 1. The van der Waals surface area contributed by atoms with Crippen LogP contribution in [0.1, 0.15) is 22.2 Å². The van der Waals surface area contributed by atoms with Gasteiger partial charge in [-0.15, -0.1) is 0 Å². The topological polar surface area (TPSA) is 112 Å². The number of anilines is 1. The molecule has 9 heteroatoms. The maximum atomic E-state index is 12.8. The van der Waals surface area contributed by atoms with Crippen LogP contribution in [-0.4, -0.2) is 55.2 Å². The number of morpholine rings is 1. The first kappa shape index (κ1) is 16.2. The van der Waals surface area contributed by atoms with Crippen LogP contribution in [0.5, 0.6) is 0 Å². The van der Waals surface area contributed by atoms with Gasteiger partial charge in [0.1, 0.15) is 17.6 Å². The highest BCUT2D eigenvalue weighted by Gasteiger charge is 2.28. The third kappa shape index (κ3) is 3.11. The van der Waals surface area contributed by atoms with Crippen molar-refractivity contribution in [1.82, 2.24) is 29.6 Å². The van der Waals surface area contributed by atoms with Crippen LogP contribution in [0, 0.1) is 0 Å². The summed E-state index contributed by atoms with van der Waals surface area (Å²) < 4.78 is 7.36. The van der Waals surface area contributed by atoms with Gasteiger partial charge in [-0.3, -0.25) is 9.78 Å². The zero-order valence-electron chi connectivity index (χ0n) is 13.9. The molecular weight excluding hydrogens is 334 g/mol. The summed E-state index contributed by atoms with van der Waals surface area (Å²) in [7, 11) is 0. The minimum Gasteiger partial charge on any atom is -0.382 e. The van der Waals surface area contributed by atoms with Gasteiger partial charge in [-0.05, 0) is 18.2 Å². The molecule has 0 spiro atoms. The summed E-state index contributed by atoms with van der Waals surface area (Å²) in [6.07, 6.45) is 7.72. The van der Waals surface area contributed by atoms with Crippen molar-refractivity contribution >= 4 is 11.7 Å². The lowest BCUT2D eigenvalue weighted by Crippen LogP contribution is -2.42.